The summed E-state index contributed by atoms with van der Waals surface area (Å²) in [4.78, 5) is 18.3. The average Bonchev–Trinajstić information content (AvgIpc) is 3.43. The number of imidazole rings is 1. The molecule has 4 aromatic rings. The minimum atomic E-state index is -0.258. The fourth-order valence-electron chi connectivity index (χ4n) is 4.27. The normalized spacial score (nSPS) is 16.4. The van der Waals surface area contributed by atoms with Gasteiger partial charge in [0.05, 0.1) is 19.1 Å². The van der Waals surface area contributed by atoms with Gasteiger partial charge in [-0.1, -0.05) is 24.3 Å². The SMILES string of the molecule is Cn1cc(-c2cccc(C3(CO)CCN(c4ncnc5[nH]cnc45)CC3)c2)cn1. The Hall–Kier alpha value is -3.26. The van der Waals surface area contributed by atoms with E-state index in [0.29, 0.717) is 0 Å². The molecule has 1 aromatic carbocycles. The Bertz CT molecular complexity index is 1140. The highest BCUT2D eigenvalue weighted by molar-refractivity contribution is 5.82. The molecule has 0 saturated carbocycles. The smallest absolute Gasteiger partial charge is 0.162 e. The van der Waals surface area contributed by atoms with Crippen LogP contribution in [0.4, 0.5) is 5.82 Å². The number of aryl methyl sites for hydroxylation is 1. The number of nitrogens with one attached hydrogen (secondary N) is 1. The predicted octanol–water partition coefficient (Wildman–Crippen LogP) is 2.28. The second-order valence-electron chi connectivity index (χ2n) is 7.71. The fourth-order valence-corrected chi connectivity index (χ4v) is 4.27. The van der Waals surface area contributed by atoms with Crippen molar-refractivity contribution in [3.63, 3.8) is 0 Å². The molecular formula is C21H23N7O. The van der Waals surface area contributed by atoms with Crippen molar-refractivity contribution in [2.24, 2.45) is 7.05 Å². The van der Waals surface area contributed by atoms with E-state index in [1.807, 2.05) is 19.4 Å². The van der Waals surface area contributed by atoms with Crippen molar-refractivity contribution in [2.75, 3.05) is 24.6 Å². The zero-order chi connectivity index (χ0) is 19.8. The molecule has 4 heterocycles. The van der Waals surface area contributed by atoms with Gasteiger partial charge in [-0.25, -0.2) is 15.0 Å². The van der Waals surface area contributed by atoms with Crippen LogP contribution in [-0.2, 0) is 12.5 Å². The van der Waals surface area contributed by atoms with Gasteiger partial charge < -0.3 is 15.0 Å². The van der Waals surface area contributed by atoms with E-state index in [-0.39, 0.29) is 12.0 Å². The lowest BCUT2D eigenvalue weighted by Crippen LogP contribution is -2.45. The lowest BCUT2D eigenvalue weighted by Gasteiger charge is -2.41. The molecule has 0 atom stereocenters. The Morgan fingerprint density at radius 2 is 2.00 bits per heavy atom. The maximum absolute atomic E-state index is 10.4. The number of nitrogens with zero attached hydrogens (tertiary/aromatic N) is 6. The highest BCUT2D eigenvalue weighted by atomic mass is 16.3. The average molecular weight is 389 g/mol. The molecule has 0 unspecified atom stereocenters. The van der Waals surface area contributed by atoms with Crippen molar-refractivity contribution in [1.82, 2.24) is 29.7 Å². The standard InChI is InChI=1S/C21H23N7O/c1-27-11-16(10-26-27)15-3-2-4-17(9-15)21(12-29)5-7-28(8-6-21)20-18-19(23-13-22-18)24-14-25-20/h2-4,9-11,13-14,29H,5-8,12H2,1H3,(H,22,23,24,25). The minimum Gasteiger partial charge on any atom is -0.395 e. The van der Waals surface area contributed by atoms with E-state index >= 15 is 0 Å². The number of aromatic nitrogens is 6. The largest absolute Gasteiger partial charge is 0.395 e. The number of fused-ring (bicyclic) bond motifs is 1. The number of hydrogen-bond donors (Lipinski definition) is 2. The molecule has 8 nitrogen and oxygen atoms in total. The molecule has 2 N–H and O–H groups in total. The van der Waals surface area contributed by atoms with E-state index in [0.717, 1.165) is 54.0 Å². The summed E-state index contributed by atoms with van der Waals surface area (Å²) in [6.45, 7) is 1.73. The number of piperidine rings is 1. The van der Waals surface area contributed by atoms with Crippen molar-refractivity contribution in [3.8, 4) is 11.1 Å². The maximum atomic E-state index is 10.4. The molecule has 1 fully saturated rings. The fraction of sp³-hybridized carbons (Fsp3) is 0.333. The van der Waals surface area contributed by atoms with Crippen molar-refractivity contribution < 1.29 is 5.11 Å². The first-order chi connectivity index (χ1) is 14.2. The van der Waals surface area contributed by atoms with Crippen molar-refractivity contribution in [2.45, 2.75) is 18.3 Å². The second kappa shape index (κ2) is 6.97. The molecule has 1 aliphatic rings. The first-order valence-corrected chi connectivity index (χ1v) is 9.78. The minimum absolute atomic E-state index is 0.124. The second-order valence-corrected chi connectivity index (χ2v) is 7.71. The van der Waals surface area contributed by atoms with E-state index in [1.165, 1.54) is 5.56 Å². The number of aromatic amines is 1. The molecule has 3 aromatic heterocycles. The van der Waals surface area contributed by atoms with Gasteiger partial charge in [-0.15, -0.1) is 0 Å². The Balaban J connectivity index is 1.42. The van der Waals surface area contributed by atoms with Gasteiger partial charge in [-0.3, -0.25) is 4.68 Å². The number of aliphatic hydroxyl groups excluding tert-OH is 1. The Morgan fingerprint density at radius 1 is 1.14 bits per heavy atom. The van der Waals surface area contributed by atoms with E-state index < -0.39 is 0 Å². The molecule has 8 heteroatoms. The van der Waals surface area contributed by atoms with Crippen molar-refractivity contribution in [1.29, 1.82) is 0 Å². The van der Waals surface area contributed by atoms with Gasteiger partial charge >= 0.3 is 0 Å². The van der Waals surface area contributed by atoms with Crippen LogP contribution < -0.4 is 4.90 Å². The predicted molar refractivity (Wildman–Crippen MR) is 111 cm³/mol. The van der Waals surface area contributed by atoms with Crippen LogP contribution in [0.25, 0.3) is 22.3 Å². The maximum Gasteiger partial charge on any atom is 0.162 e. The third-order valence-electron chi connectivity index (χ3n) is 6.03. The Kier molecular flexibility index (Phi) is 4.28. The molecule has 0 spiro atoms. The molecule has 29 heavy (non-hydrogen) atoms. The number of rotatable bonds is 4. The summed E-state index contributed by atoms with van der Waals surface area (Å²) in [6, 6.07) is 8.48. The van der Waals surface area contributed by atoms with Gasteiger partial charge in [0.1, 0.15) is 11.8 Å². The Labute approximate surface area is 168 Å². The van der Waals surface area contributed by atoms with E-state index in [1.54, 1.807) is 17.3 Å². The molecule has 1 saturated heterocycles. The summed E-state index contributed by atoms with van der Waals surface area (Å²) in [5, 5.41) is 14.7. The van der Waals surface area contributed by atoms with Crippen LogP contribution in [-0.4, -0.2) is 54.5 Å². The topological polar surface area (TPSA) is 95.8 Å². The molecule has 0 bridgehead atoms. The molecular weight excluding hydrogens is 366 g/mol. The summed E-state index contributed by atoms with van der Waals surface area (Å²) in [6.07, 6.45) is 8.79. The van der Waals surface area contributed by atoms with Crippen molar-refractivity contribution >= 4 is 17.0 Å². The summed E-state index contributed by atoms with van der Waals surface area (Å²) < 4.78 is 1.81. The van der Waals surface area contributed by atoms with E-state index in [2.05, 4.69) is 54.2 Å². The zero-order valence-electron chi connectivity index (χ0n) is 16.3. The van der Waals surface area contributed by atoms with Crippen LogP contribution in [0.3, 0.4) is 0 Å². The number of benzene rings is 1. The quantitative estimate of drug-likeness (QED) is 0.556. The van der Waals surface area contributed by atoms with Crippen LogP contribution in [0.2, 0.25) is 0 Å². The van der Waals surface area contributed by atoms with Gasteiger partial charge in [-0.2, -0.15) is 5.10 Å². The summed E-state index contributed by atoms with van der Waals surface area (Å²) in [7, 11) is 1.92. The van der Waals surface area contributed by atoms with Crippen LogP contribution in [0.15, 0.2) is 49.3 Å². The summed E-state index contributed by atoms with van der Waals surface area (Å²) >= 11 is 0. The lowest BCUT2D eigenvalue weighted by molar-refractivity contribution is 0.165. The van der Waals surface area contributed by atoms with E-state index in [9.17, 15) is 5.11 Å². The van der Waals surface area contributed by atoms with Crippen molar-refractivity contribution in [3.05, 3.63) is 54.9 Å². The van der Waals surface area contributed by atoms with Gasteiger partial charge in [0, 0.05) is 37.3 Å². The molecule has 1 aliphatic heterocycles. The van der Waals surface area contributed by atoms with Crippen LogP contribution in [0.1, 0.15) is 18.4 Å². The number of hydrogen-bond acceptors (Lipinski definition) is 6. The molecule has 148 valence electrons. The Morgan fingerprint density at radius 3 is 2.76 bits per heavy atom. The van der Waals surface area contributed by atoms with Crippen LogP contribution in [0.5, 0.6) is 0 Å². The summed E-state index contributed by atoms with van der Waals surface area (Å²) in [5.74, 6) is 0.854. The van der Waals surface area contributed by atoms with Gasteiger partial charge in [0.15, 0.2) is 11.5 Å². The highest BCUT2D eigenvalue weighted by Crippen LogP contribution is 2.38. The monoisotopic (exact) mass is 389 g/mol. The molecule has 0 aliphatic carbocycles. The molecule has 0 radical (unpaired) electrons. The lowest BCUT2D eigenvalue weighted by atomic mass is 9.73. The molecule has 5 rings (SSSR count). The van der Waals surface area contributed by atoms with E-state index in [4.69, 9.17) is 0 Å². The van der Waals surface area contributed by atoms with Gasteiger partial charge in [0.25, 0.3) is 0 Å². The number of aliphatic hydroxyl groups is 1. The van der Waals surface area contributed by atoms with Crippen LogP contribution in [0, 0.1) is 0 Å². The first kappa shape index (κ1) is 17.8. The number of H-pyrrole nitrogens is 1. The third kappa shape index (κ3) is 3.05. The van der Waals surface area contributed by atoms with Gasteiger partial charge in [-0.05, 0) is 24.0 Å². The number of anilines is 1. The zero-order valence-corrected chi connectivity index (χ0v) is 16.3. The first-order valence-electron chi connectivity index (χ1n) is 9.78. The van der Waals surface area contributed by atoms with Gasteiger partial charge in [0.2, 0.25) is 0 Å². The summed E-state index contributed by atoms with van der Waals surface area (Å²) in [5.41, 5.74) is 4.67. The molecule has 0 amide bonds. The highest BCUT2D eigenvalue weighted by Gasteiger charge is 2.36. The third-order valence-corrected chi connectivity index (χ3v) is 6.03. The van der Waals surface area contributed by atoms with Crippen LogP contribution >= 0.6 is 0 Å².